The Kier molecular flexibility index (Phi) is 10.3. The van der Waals surface area contributed by atoms with E-state index in [0.29, 0.717) is 46.2 Å². The summed E-state index contributed by atoms with van der Waals surface area (Å²) in [6.45, 7) is 4.09. The molecule has 10 heteroatoms. The van der Waals surface area contributed by atoms with E-state index in [1.54, 1.807) is 18.3 Å². The van der Waals surface area contributed by atoms with Crippen LogP contribution < -0.4 is 20.4 Å². The van der Waals surface area contributed by atoms with E-state index in [4.69, 9.17) is 37.9 Å². The van der Waals surface area contributed by atoms with Crippen molar-refractivity contribution in [2.45, 2.75) is 32.8 Å². The van der Waals surface area contributed by atoms with Crippen molar-refractivity contribution in [1.29, 1.82) is 0 Å². The first-order valence-corrected chi connectivity index (χ1v) is 16.1. The van der Waals surface area contributed by atoms with Crippen LogP contribution in [0.3, 0.4) is 0 Å². The van der Waals surface area contributed by atoms with Gasteiger partial charge in [0.2, 0.25) is 17.8 Å². The standard InChI is InChI=1S/C36H35Cl2N7O/c1-25-11-15-31(16-12-25)40-34-41-35(43-36(42-34)45-19-17-27(18-20-45)21-26-7-3-2-4-8-26)44-39-23-28-9-5-6-10-33(28)46-24-29-13-14-30(37)22-32(29)38/h2-16,22-23,27H,17-21,24H2,1H3,(H2,40,41,42,43,44)/b39-23+. The number of ether oxygens (including phenoxy) is 1. The molecule has 5 aromatic rings. The van der Waals surface area contributed by atoms with Gasteiger partial charge in [-0.3, -0.25) is 0 Å². The van der Waals surface area contributed by atoms with Crippen LogP contribution >= 0.6 is 23.2 Å². The molecule has 0 radical (unpaired) electrons. The monoisotopic (exact) mass is 651 g/mol. The van der Waals surface area contributed by atoms with Gasteiger partial charge in [0.25, 0.3) is 0 Å². The number of benzene rings is 4. The fourth-order valence-electron chi connectivity index (χ4n) is 5.34. The van der Waals surface area contributed by atoms with Crippen LogP contribution in [0.4, 0.5) is 23.5 Å². The summed E-state index contributed by atoms with van der Waals surface area (Å²) in [6, 6.07) is 31.8. The lowest BCUT2D eigenvalue weighted by Crippen LogP contribution is -2.35. The average molecular weight is 653 g/mol. The molecule has 0 unspecified atom stereocenters. The van der Waals surface area contributed by atoms with E-state index in [-0.39, 0.29) is 0 Å². The topological polar surface area (TPSA) is 87.6 Å². The zero-order valence-corrected chi connectivity index (χ0v) is 27.0. The van der Waals surface area contributed by atoms with E-state index in [9.17, 15) is 0 Å². The molecule has 0 aliphatic carbocycles. The fourth-order valence-corrected chi connectivity index (χ4v) is 5.80. The molecular formula is C36H35Cl2N7O. The molecule has 0 spiro atoms. The van der Waals surface area contributed by atoms with Crippen molar-refractivity contribution in [3.63, 3.8) is 0 Å². The quantitative estimate of drug-likeness (QED) is 0.109. The first-order chi connectivity index (χ1) is 22.5. The number of hydrogen-bond donors (Lipinski definition) is 2. The number of anilines is 4. The Labute approximate surface area is 279 Å². The Balaban J connectivity index is 1.16. The first kappa shape index (κ1) is 31.3. The second-order valence-electron chi connectivity index (χ2n) is 11.3. The molecule has 1 aliphatic rings. The zero-order chi connectivity index (χ0) is 31.7. The minimum atomic E-state index is 0.293. The van der Waals surface area contributed by atoms with Gasteiger partial charge >= 0.3 is 0 Å². The first-order valence-electron chi connectivity index (χ1n) is 15.3. The van der Waals surface area contributed by atoms with E-state index in [2.05, 4.69) is 63.0 Å². The normalized spacial score (nSPS) is 13.6. The maximum absolute atomic E-state index is 6.34. The van der Waals surface area contributed by atoms with Crippen molar-refractivity contribution >= 4 is 52.9 Å². The number of nitrogens with zero attached hydrogens (tertiary/aromatic N) is 5. The van der Waals surface area contributed by atoms with E-state index in [0.717, 1.165) is 49.2 Å². The van der Waals surface area contributed by atoms with Gasteiger partial charge in [-0.15, -0.1) is 0 Å². The highest BCUT2D eigenvalue weighted by Crippen LogP contribution is 2.27. The Morgan fingerprint density at radius 2 is 1.61 bits per heavy atom. The molecular weight excluding hydrogens is 617 g/mol. The number of halogens is 2. The summed E-state index contributed by atoms with van der Waals surface area (Å²) in [6.07, 6.45) is 4.91. The molecule has 1 aliphatic heterocycles. The lowest BCUT2D eigenvalue weighted by atomic mass is 9.90. The molecule has 2 heterocycles. The van der Waals surface area contributed by atoms with Gasteiger partial charge in [-0.25, -0.2) is 5.43 Å². The van der Waals surface area contributed by atoms with Crippen LogP contribution in [0.5, 0.6) is 5.75 Å². The maximum Gasteiger partial charge on any atom is 0.250 e. The van der Waals surface area contributed by atoms with Crippen molar-refractivity contribution in [3.05, 3.63) is 129 Å². The molecule has 0 saturated carbocycles. The summed E-state index contributed by atoms with van der Waals surface area (Å²) in [5.74, 6) is 2.69. The summed E-state index contributed by atoms with van der Waals surface area (Å²) in [5, 5.41) is 8.93. The maximum atomic E-state index is 6.34. The highest BCUT2D eigenvalue weighted by atomic mass is 35.5. The summed E-state index contributed by atoms with van der Waals surface area (Å²) < 4.78 is 6.08. The third-order valence-corrected chi connectivity index (χ3v) is 8.47. The van der Waals surface area contributed by atoms with Crippen molar-refractivity contribution in [1.82, 2.24) is 15.0 Å². The van der Waals surface area contributed by atoms with Gasteiger partial charge in [-0.2, -0.15) is 20.1 Å². The summed E-state index contributed by atoms with van der Waals surface area (Å²) in [4.78, 5) is 16.4. The Morgan fingerprint density at radius 1 is 0.870 bits per heavy atom. The lowest BCUT2D eigenvalue weighted by Gasteiger charge is -2.32. The van der Waals surface area contributed by atoms with Gasteiger partial charge in [0.05, 0.1) is 6.21 Å². The highest BCUT2D eigenvalue weighted by molar-refractivity contribution is 6.35. The molecule has 1 saturated heterocycles. The second-order valence-corrected chi connectivity index (χ2v) is 12.2. The Hall–Kier alpha value is -4.66. The number of aromatic nitrogens is 3. The molecule has 1 aromatic heterocycles. The fraction of sp³-hybridized carbons (Fsp3) is 0.222. The molecule has 2 N–H and O–H groups in total. The van der Waals surface area contributed by atoms with Crippen LogP contribution in [-0.2, 0) is 13.0 Å². The number of nitrogens with one attached hydrogen (secondary N) is 2. The van der Waals surface area contributed by atoms with Gasteiger partial charge in [0, 0.05) is 39.9 Å². The number of piperidine rings is 1. The van der Waals surface area contributed by atoms with Crippen LogP contribution in [0, 0.1) is 12.8 Å². The number of hydrogen-bond acceptors (Lipinski definition) is 8. The van der Waals surface area contributed by atoms with Crippen molar-refractivity contribution in [2.24, 2.45) is 11.0 Å². The minimum Gasteiger partial charge on any atom is -0.488 e. The number of para-hydroxylation sites is 1. The number of aryl methyl sites for hydroxylation is 1. The van der Waals surface area contributed by atoms with Crippen molar-refractivity contribution < 1.29 is 4.74 Å². The third-order valence-electron chi connectivity index (χ3n) is 7.88. The van der Waals surface area contributed by atoms with E-state index >= 15 is 0 Å². The predicted octanol–water partition coefficient (Wildman–Crippen LogP) is 8.71. The molecule has 8 nitrogen and oxygen atoms in total. The summed E-state index contributed by atoms with van der Waals surface area (Å²) in [5.41, 5.74) is 8.10. The number of rotatable bonds is 11. The lowest BCUT2D eigenvalue weighted by molar-refractivity contribution is 0.306. The minimum absolute atomic E-state index is 0.293. The summed E-state index contributed by atoms with van der Waals surface area (Å²) >= 11 is 12.4. The number of hydrazone groups is 1. The summed E-state index contributed by atoms with van der Waals surface area (Å²) in [7, 11) is 0. The van der Waals surface area contributed by atoms with Crippen LogP contribution in [0.1, 0.15) is 35.1 Å². The third kappa shape index (κ3) is 8.53. The molecule has 46 heavy (non-hydrogen) atoms. The molecule has 6 rings (SSSR count). The van der Waals surface area contributed by atoms with Gasteiger partial charge in [0.1, 0.15) is 12.4 Å². The Bertz CT molecular complexity index is 1780. The van der Waals surface area contributed by atoms with Gasteiger partial charge in [-0.1, -0.05) is 89.4 Å². The predicted molar refractivity (Wildman–Crippen MR) is 188 cm³/mol. The van der Waals surface area contributed by atoms with Crippen LogP contribution in [0.2, 0.25) is 10.0 Å². The van der Waals surface area contributed by atoms with Crippen LogP contribution in [0.15, 0.2) is 102 Å². The van der Waals surface area contributed by atoms with E-state index in [1.807, 2.05) is 54.6 Å². The molecule has 234 valence electrons. The Morgan fingerprint density at radius 3 is 2.39 bits per heavy atom. The van der Waals surface area contributed by atoms with Gasteiger partial charge in [-0.05, 0) is 74.1 Å². The van der Waals surface area contributed by atoms with Gasteiger partial charge in [0.15, 0.2) is 0 Å². The highest BCUT2D eigenvalue weighted by Gasteiger charge is 2.22. The van der Waals surface area contributed by atoms with Crippen LogP contribution in [-0.4, -0.2) is 34.3 Å². The molecule has 1 fully saturated rings. The largest absolute Gasteiger partial charge is 0.488 e. The molecule has 4 aromatic carbocycles. The molecule has 0 bridgehead atoms. The molecule has 0 atom stereocenters. The smallest absolute Gasteiger partial charge is 0.250 e. The van der Waals surface area contributed by atoms with Crippen LogP contribution in [0.25, 0.3) is 0 Å². The van der Waals surface area contributed by atoms with Crippen molar-refractivity contribution in [3.8, 4) is 5.75 Å². The SMILES string of the molecule is Cc1ccc(Nc2nc(N/N=C/c3ccccc3OCc3ccc(Cl)cc3Cl)nc(N3CCC(Cc4ccccc4)CC3)n2)cc1. The zero-order valence-electron chi connectivity index (χ0n) is 25.5. The van der Waals surface area contributed by atoms with E-state index in [1.165, 1.54) is 11.1 Å². The van der Waals surface area contributed by atoms with Crippen molar-refractivity contribution in [2.75, 3.05) is 28.7 Å². The molecule has 0 amide bonds. The van der Waals surface area contributed by atoms with Gasteiger partial charge < -0.3 is 15.0 Å². The second kappa shape index (κ2) is 15.1. The van der Waals surface area contributed by atoms with E-state index < -0.39 is 0 Å². The average Bonchev–Trinajstić information content (AvgIpc) is 3.07.